The Morgan fingerprint density at radius 1 is 1.06 bits per heavy atom. The highest BCUT2D eigenvalue weighted by Gasteiger charge is 2.29. The zero-order chi connectivity index (χ0) is 21.8. The quantitative estimate of drug-likeness (QED) is 0.591. The first-order valence-corrected chi connectivity index (χ1v) is 10.6. The predicted octanol–water partition coefficient (Wildman–Crippen LogP) is 4.47. The minimum absolute atomic E-state index is 0.111. The van der Waals surface area contributed by atoms with E-state index in [-0.39, 0.29) is 17.7 Å². The van der Waals surface area contributed by atoms with E-state index >= 15 is 0 Å². The molecule has 2 heterocycles. The highest BCUT2D eigenvalue weighted by molar-refractivity contribution is 5.74. The first-order valence-electron chi connectivity index (χ1n) is 10.6. The number of ether oxygens (including phenoxy) is 1. The van der Waals surface area contributed by atoms with Crippen LogP contribution < -0.4 is 10.1 Å². The summed E-state index contributed by atoms with van der Waals surface area (Å²) in [6.07, 6.45) is 3.05. The Hall–Kier alpha value is -3.06. The molecule has 1 fully saturated rings. The van der Waals surface area contributed by atoms with Crippen molar-refractivity contribution in [2.75, 3.05) is 7.05 Å². The minimum atomic E-state index is -1.02. The van der Waals surface area contributed by atoms with Crippen LogP contribution in [-0.4, -0.2) is 45.7 Å². The molecule has 2 N–H and O–H groups in total. The van der Waals surface area contributed by atoms with Gasteiger partial charge in [0.25, 0.3) is 0 Å². The van der Waals surface area contributed by atoms with Crippen molar-refractivity contribution in [2.24, 2.45) is 0 Å². The summed E-state index contributed by atoms with van der Waals surface area (Å²) < 4.78 is 20.3. The van der Waals surface area contributed by atoms with Gasteiger partial charge in [0.1, 0.15) is 18.0 Å². The number of rotatable bonds is 5. The average molecular weight is 423 g/mol. The van der Waals surface area contributed by atoms with Gasteiger partial charge in [0.05, 0.1) is 5.69 Å². The number of benzene rings is 1. The number of phenolic OH excluding ortho intramolecular Hbond substituents is 1. The fraction of sp³-hybridized carbons (Fsp3) is 0.375. The van der Waals surface area contributed by atoms with E-state index in [1.807, 2.05) is 38.2 Å². The Kier molecular flexibility index (Phi) is 6.42. The third-order valence-corrected chi connectivity index (χ3v) is 5.78. The van der Waals surface area contributed by atoms with Gasteiger partial charge in [-0.1, -0.05) is 6.07 Å². The summed E-state index contributed by atoms with van der Waals surface area (Å²) >= 11 is 0. The molecule has 3 aromatic rings. The van der Waals surface area contributed by atoms with E-state index < -0.39 is 12.3 Å². The standard InChI is InChI=1S/C24H27FN4O2/c1-15-12-17(10-11-27-15)16-6-7-19(22(30)13-16)21-8-9-24(29-28-21)31-23-14-18(26-2)4-3-5-20(23)25/h6-13,18,20,23,26,30H,3-5,14H2,1-2H3/t18?,20-,23+/m1/s1. The number of halogens is 1. The lowest BCUT2D eigenvalue weighted by Gasteiger charge is -2.22. The summed E-state index contributed by atoms with van der Waals surface area (Å²) in [5, 5.41) is 22.1. The number of hydrogen-bond donors (Lipinski definition) is 2. The number of nitrogens with zero attached hydrogens (tertiary/aromatic N) is 3. The SMILES string of the molecule is CNC1CCC[C@@H](F)[C@@H](Oc2ccc(-c3ccc(-c4ccnc(C)c4)cc3O)nn2)C1. The van der Waals surface area contributed by atoms with Gasteiger partial charge in [0.2, 0.25) is 5.88 Å². The Morgan fingerprint density at radius 2 is 1.90 bits per heavy atom. The summed E-state index contributed by atoms with van der Waals surface area (Å²) in [5.41, 5.74) is 3.87. The Labute approximate surface area is 181 Å². The number of hydrogen-bond acceptors (Lipinski definition) is 6. The van der Waals surface area contributed by atoms with Crippen LogP contribution >= 0.6 is 0 Å². The highest BCUT2D eigenvalue weighted by Crippen LogP contribution is 2.33. The van der Waals surface area contributed by atoms with Gasteiger partial charge in [-0.15, -0.1) is 10.2 Å². The average Bonchev–Trinajstić information content (AvgIpc) is 2.95. The second-order valence-corrected chi connectivity index (χ2v) is 8.00. The number of aryl methyl sites for hydroxylation is 1. The molecule has 1 unspecified atom stereocenters. The molecular weight excluding hydrogens is 395 g/mol. The number of aromatic hydroxyl groups is 1. The van der Waals surface area contributed by atoms with Crippen molar-refractivity contribution in [1.82, 2.24) is 20.5 Å². The summed E-state index contributed by atoms with van der Waals surface area (Å²) in [5.74, 6) is 0.399. The summed E-state index contributed by atoms with van der Waals surface area (Å²) in [6.45, 7) is 1.93. The van der Waals surface area contributed by atoms with Crippen molar-refractivity contribution < 1.29 is 14.2 Å². The predicted molar refractivity (Wildman–Crippen MR) is 118 cm³/mol. The van der Waals surface area contributed by atoms with E-state index in [0.29, 0.717) is 24.1 Å². The van der Waals surface area contributed by atoms with Crippen molar-refractivity contribution in [3.63, 3.8) is 0 Å². The Balaban J connectivity index is 1.50. The monoisotopic (exact) mass is 422 g/mol. The van der Waals surface area contributed by atoms with Gasteiger partial charge in [-0.3, -0.25) is 4.98 Å². The molecule has 1 aromatic carbocycles. The molecule has 0 bridgehead atoms. The maximum absolute atomic E-state index is 14.5. The first-order chi connectivity index (χ1) is 15.0. The van der Waals surface area contributed by atoms with Crippen LogP contribution in [0.2, 0.25) is 0 Å². The van der Waals surface area contributed by atoms with Crippen LogP contribution in [0, 0.1) is 6.92 Å². The van der Waals surface area contributed by atoms with Gasteiger partial charge >= 0.3 is 0 Å². The lowest BCUT2D eigenvalue weighted by Crippen LogP contribution is -2.35. The van der Waals surface area contributed by atoms with Crippen LogP contribution in [-0.2, 0) is 0 Å². The zero-order valence-electron chi connectivity index (χ0n) is 17.8. The van der Waals surface area contributed by atoms with E-state index in [0.717, 1.165) is 29.7 Å². The Morgan fingerprint density at radius 3 is 2.61 bits per heavy atom. The van der Waals surface area contributed by atoms with Gasteiger partial charge in [-0.05, 0) is 74.7 Å². The van der Waals surface area contributed by atoms with Crippen molar-refractivity contribution in [3.8, 4) is 34.0 Å². The van der Waals surface area contributed by atoms with E-state index in [1.54, 1.807) is 24.4 Å². The van der Waals surface area contributed by atoms with Crippen molar-refractivity contribution >= 4 is 0 Å². The maximum Gasteiger partial charge on any atom is 0.233 e. The van der Waals surface area contributed by atoms with Crippen LogP contribution in [0.1, 0.15) is 31.4 Å². The largest absolute Gasteiger partial charge is 0.507 e. The number of alkyl halides is 1. The molecule has 0 saturated heterocycles. The summed E-state index contributed by atoms with van der Waals surface area (Å²) in [4.78, 5) is 4.20. The molecule has 2 aromatic heterocycles. The number of nitrogens with one attached hydrogen (secondary N) is 1. The van der Waals surface area contributed by atoms with Gasteiger partial charge < -0.3 is 15.2 Å². The first kappa shape index (κ1) is 21.2. The molecule has 1 aliphatic carbocycles. The maximum atomic E-state index is 14.5. The molecule has 162 valence electrons. The molecule has 6 nitrogen and oxygen atoms in total. The summed E-state index contributed by atoms with van der Waals surface area (Å²) in [7, 11) is 1.89. The molecule has 0 amide bonds. The molecule has 4 rings (SSSR count). The number of pyridine rings is 1. The third kappa shape index (κ3) is 4.99. The van der Waals surface area contributed by atoms with Crippen LogP contribution in [0.3, 0.4) is 0 Å². The fourth-order valence-corrected chi connectivity index (χ4v) is 4.01. The third-order valence-electron chi connectivity index (χ3n) is 5.78. The normalized spacial score (nSPS) is 21.5. The van der Waals surface area contributed by atoms with E-state index in [1.165, 1.54) is 0 Å². The van der Waals surface area contributed by atoms with Gasteiger partial charge in [-0.25, -0.2) is 4.39 Å². The van der Waals surface area contributed by atoms with E-state index in [9.17, 15) is 9.50 Å². The molecule has 3 atom stereocenters. The minimum Gasteiger partial charge on any atom is -0.507 e. The van der Waals surface area contributed by atoms with E-state index in [4.69, 9.17) is 4.74 Å². The second-order valence-electron chi connectivity index (χ2n) is 8.00. The number of phenols is 1. The van der Waals surface area contributed by atoms with Crippen LogP contribution in [0.5, 0.6) is 11.6 Å². The molecule has 0 spiro atoms. The molecule has 7 heteroatoms. The fourth-order valence-electron chi connectivity index (χ4n) is 4.01. The lowest BCUT2D eigenvalue weighted by atomic mass is 10.0. The van der Waals surface area contributed by atoms with Gasteiger partial charge in [-0.2, -0.15) is 0 Å². The van der Waals surface area contributed by atoms with Crippen LogP contribution in [0.15, 0.2) is 48.7 Å². The Bertz CT molecular complexity index is 1030. The van der Waals surface area contributed by atoms with Crippen LogP contribution in [0.25, 0.3) is 22.4 Å². The molecule has 1 aliphatic rings. The van der Waals surface area contributed by atoms with Gasteiger partial charge in [0.15, 0.2) is 0 Å². The smallest absolute Gasteiger partial charge is 0.233 e. The lowest BCUT2D eigenvalue weighted by molar-refractivity contribution is 0.0837. The van der Waals surface area contributed by atoms with Crippen molar-refractivity contribution in [3.05, 3.63) is 54.4 Å². The topological polar surface area (TPSA) is 80.2 Å². The zero-order valence-corrected chi connectivity index (χ0v) is 17.8. The number of aromatic nitrogens is 3. The highest BCUT2D eigenvalue weighted by atomic mass is 19.1. The molecule has 31 heavy (non-hydrogen) atoms. The van der Waals surface area contributed by atoms with E-state index in [2.05, 4.69) is 20.5 Å². The molecule has 0 radical (unpaired) electrons. The molecular formula is C24H27FN4O2. The second kappa shape index (κ2) is 9.39. The molecule has 0 aliphatic heterocycles. The van der Waals surface area contributed by atoms with Crippen molar-refractivity contribution in [1.29, 1.82) is 0 Å². The van der Waals surface area contributed by atoms with Crippen molar-refractivity contribution in [2.45, 2.75) is 50.9 Å². The van der Waals surface area contributed by atoms with Gasteiger partial charge in [0, 0.05) is 36.0 Å². The van der Waals surface area contributed by atoms with Crippen LogP contribution in [0.4, 0.5) is 4.39 Å². The molecule has 1 saturated carbocycles. The summed E-state index contributed by atoms with van der Waals surface area (Å²) in [6, 6.07) is 12.9.